The van der Waals surface area contributed by atoms with E-state index in [0.717, 1.165) is 119 Å². The van der Waals surface area contributed by atoms with Crippen LogP contribution in [-0.4, -0.2) is 51.6 Å². The van der Waals surface area contributed by atoms with Crippen molar-refractivity contribution in [3.05, 3.63) is 157 Å². The molecule has 0 saturated heterocycles. The van der Waals surface area contributed by atoms with Crippen molar-refractivity contribution in [3.8, 4) is 45.3 Å². The smallest absolute Gasteiger partial charge is 0.330 e. The van der Waals surface area contributed by atoms with Gasteiger partial charge in [0.05, 0.1) is 39.6 Å². The van der Waals surface area contributed by atoms with Crippen LogP contribution in [0.3, 0.4) is 0 Å². The molecule has 8 nitrogen and oxygen atoms in total. The lowest BCUT2D eigenvalue weighted by atomic mass is 9.77. The minimum atomic E-state index is -0.354. The van der Waals surface area contributed by atoms with E-state index in [0.29, 0.717) is 38.3 Å². The maximum absolute atomic E-state index is 11.1. The van der Waals surface area contributed by atoms with Crippen molar-refractivity contribution < 1.29 is 38.0 Å². The zero-order chi connectivity index (χ0) is 53.0. The van der Waals surface area contributed by atoms with Gasteiger partial charge in [-0.25, -0.2) is 9.59 Å². The number of carbonyl (C=O) groups excluding carboxylic acids is 2. The summed E-state index contributed by atoms with van der Waals surface area (Å²) in [7, 11) is 0. The summed E-state index contributed by atoms with van der Waals surface area (Å²) in [6, 6.07) is 41.9. The molecule has 0 N–H and O–H groups in total. The second-order valence-electron chi connectivity index (χ2n) is 21.1. The lowest BCUT2D eigenvalue weighted by Crippen LogP contribution is -2.14. The van der Waals surface area contributed by atoms with Crippen molar-refractivity contribution >= 4 is 11.9 Å². The van der Waals surface area contributed by atoms with Gasteiger partial charge in [-0.3, -0.25) is 0 Å². The van der Waals surface area contributed by atoms with Crippen molar-refractivity contribution in [3.63, 3.8) is 0 Å². The molecule has 8 heteroatoms. The van der Waals surface area contributed by atoms with E-state index in [-0.39, 0.29) is 11.9 Å². The van der Waals surface area contributed by atoms with Crippen molar-refractivity contribution in [2.24, 2.45) is 11.8 Å². The Morgan fingerprint density at radius 3 is 1.18 bits per heavy atom. The van der Waals surface area contributed by atoms with E-state index in [1.807, 2.05) is 0 Å². The van der Waals surface area contributed by atoms with Gasteiger partial charge in [-0.15, -0.1) is 0 Å². The standard InChI is InChI=1S/C68H86O8/c1-4-52-23-44-65(73-49-15-17-53-19-24-55(25-20-53)57-28-32-59(33-29-57)61-36-40-63(41-37-61)71-45-11-7-9-13-47-75-67(69)5-2)66(51-52)74-50-16-18-54-21-26-56(27-22-54)58-30-34-60(35-31-58)62-38-42-64(43-39-62)72-46-12-8-10-14-48-76-68(70)6-3/h5-6,23,28-44,51,53-56H,2-4,7-22,24-27,45-50H2,1H3. The quantitative estimate of drug-likeness (QED) is 0.0233. The molecule has 0 aliphatic heterocycles. The van der Waals surface area contributed by atoms with Gasteiger partial charge in [-0.1, -0.05) is 98.9 Å². The molecule has 0 amide bonds. The van der Waals surface area contributed by atoms with E-state index < -0.39 is 0 Å². The Morgan fingerprint density at radius 1 is 0.421 bits per heavy atom. The van der Waals surface area contributed by atoms with Gasteiger partial charge < -0.3 is 28.4 Å². The SMILES string of the molecule is C=CC(=O)OCCCCCCOc1ccc(-c2ccc(C3CCC(CCCOc4ccc(CC)cc4OCCCC4CCC(c5ccc(-c6ccc(OCCCCCCOC(=O)C=C)cc6)cc5)CC4)CC3)cc2)cc1. The molecular weight excluding hydrogens is 945 g/mol. The van der Waals surface area contributed by atoms with Crippen molar-refractivity contribution in [2.75, 3.05) is 39.6 Å². The van der Waals surface area contributed by atoms with E-state index in [1.165, 1.54) is 115 Å². The third kappa shape index (κ3) is 19.4. The van der Waals surface area contributed by atoms with Crippen LogP contribution in [0, 0.1) is 11.8 Å². The van der Waals surface area contributed by atoms with Crippen LogP contribution < -0.4 is 18.9 Å². The molecule has 0 radical (unpaired) electrons. The fourth-order valence-corrected chi connectivity index (χ4v) is 11.0. The van der Waals surface area contributed by atoms with E-state index in [1.54, 1.807) is 0 Å². The van der Waals surface area contributed by atoms with Crippen LogP contribution in [0.2, 0.25) is 0 Å². The van der Waals surface area contributed by atoms with Crippen LogP contribution >= 0.6 is 0 Å². The van der Waals surface area contributed by atoms with Crippen LogP contribution in [0.15, 0.2) is 141 Å². The number of unbranched alkanes of at least 4 members (excludes halogenated alkanes) is 6. The van der Waals surface area contributed by atoms with Gasteiger partial charge in [0.25, 0.3) is 0 Å². The maximum atomic E-state index is 11.1. The van der Waals surface area contributed by atoms with E-state index in [9.17, 15) is 9.59 Å². The topological polar surface area (TPSA) is 89.5 Å². The molecule has 2 saturated carbocycles. The molecule has 406 valence electrons. The lowest BCUT2D eigenvalue weighted by Gasteiger charge is -2.29. The number of esters is 2. The molecule has 5 aromatic carbocycles. The predicted octanol–water partition coefficient (Wildman–Crippen LogP) is 17.2. The summed E-state index contributed by atoms with van der Waals surface area (Å²) >= 11 is 0. The van der Waals surface area contributed by atoms with E-state index in [2.05, 4.69) is 135 Å². The highest BCUT2D eigenvalue weighted by molar-refractivity contribution is 5.81. The van der Waals surface area contributed by atoms with Gasteiger partial charge >= 0.3 is 11.9 Å². The van der Waals surface area contributed by atoms with Gasteiger partial charge in [0.2, 0.25) is 0 Å². The molecule has 0 bridgehead atoms. The minimum Gasteiger partial charge on any atom is -0.494 e. The van der Waals surface area contributed by atoms with Crippen LogP contribution in [0.4, 0.5) is 0 Å². The Hall–Kier alpha value is -6.28. The summed E-state index contributed by atoms with van der Waals surface area (Å²) in [6.45, 7) is 12.8. The number of ether oxygens (including phenoxy) is 6. The summed E-state index contributed by atoms with van der Waals surface area (Å²) < 4.78 is 34.9. The fourth-order valence-electron chi connectivity index (χ4n) is 11.0. The molecule has 7 rings (SSSR count). The summed E-state index contributed by atoms with van der Waals surface area (Å²) in [5.41, 5.74) is 9.11. The number of hydrogen-bond acceptors (Lipinski definition) is 8. The van der Waals surface area contributed by atoms with Gasteiger partial charge in [-0.2, -0.15) is 0 Å². The van der Waals surface area contributed by atoms with Crippen LogP contribution in [0.5, 0.6) is 23.0 Å². The minimum absolute atomic E-state index is 0.354. The Balaban J connectivity index is 0.732. The van der Waals surface area contributed by atoms with Crippen molar-refractivity contribution in [2.45, 2.75) is 154 Å². The Bertz CT molecular complexity index is 2460. The van der Waals surface area contributed by atoms with Crippen molar-refractivity contribution in [1.82, 2.24) is 0 Å². The van der Waals surface area contributed by atoms with Crippen molar-refractivity contribution in [1.29, 1.82) is 0 Å². The van der Waals surface area contributed by atoms with Gasteiger partial charge in [0.15, 0.2) is 11.5 Å². The fraction of sp³-hybridized carbons (Fsp3) is 0.471. The summed E-state index contributed by atoms with van der Waals surface area (Å²) in [5, 5.41) is 0. The molecule has 0 atom stereocenters. The van der Waals surface area contributed by atoms with E-state index in [4.69, 9.17) is 28.4 Å². The zero-order valence-corrected chi connectivity index (χ0v) is 45.7. The molecule has 0 heterocycles. The highest BCUT2D eigenvalue weighted by Gasteiger charge is 2.24. The summed E-state index contributed by atoms with van der Waals surface area (Å²) in [5.74, 6) is 5.68. The number of benzene rings is 5. The first-order valence-corrected chi connectivity index (χ1v) is 29.0. The largest absolute Gasteiger partial charge is 0.494 e. The monoisotopic (exact) mass is 1030 g/mol. The number of carbonyl (C=O) groups is 2. The highest BCUT2D eigenvalue weighted by Crippen LogP contribution is 2.40. The maximum Gasteiger partial charge on any atom is 0.330 e. The molecule has 0 spiro atoms. The lowest BCUT2D eigenvalue weighted by molar-refractivity contribution is -0.138. The normalized spacial score (nSPS) is 17.3. The Labute approximate surface area is 455 Å². The van der Waals surface area contributed by atoms with Gasteiger partial charge in [0, 0.05) is 12.2 Å². The highest BCUT2D eigenvalue weighted by atomic mass is 16.5. The molecule has 2 aliphatic carbocycles. The summed E-state index contributed by atoms with van der Waals surface area (Å²) in [4.78, 5) is 22.3. The van der Waals surface area contributed by atoms with Gasteiger partial charge in [0.1, 0.15) is 11.5 Å². The average Bonchev–Trinajstić information content (AvgIpc) is 3.47. The first-order valence-electron chi connectivity index (χ1n) is 29.0. The van der Waals surface area contributed by atoms with Crippen LogP contribution in [-0.2, 0) is 25.5 Å². The summed E-state index contributed by atoms with van der Waals surface area (Å²) in [6.07, 6.45) is 25.9. The predicted molar refractivity (Wildman–Crippen MR) is 309 cm³/mol. The zero-order valence-electron chi connectivity index (χ0n) is 45.7. The average molecular weight is 1030 g/mol. The molecule has 0 unspecified atom stereocenters. The molecule has 2 fully saturated rings. The molecule has 2 aliphatic rings. The van der Waals surface area contributed by atoms with E-state index >= 15 is 0 Å². The first kappa shape index (κ1) is 57.4. The second-order valence-corrected chi connectivity index (χ2v) is 21.1. The number of aryl methyl sites for hydroxylation is 1. The molecular formula is C68H86O8. The third-order valence-electron chi connectivity index (χ3n) is 15.7. The molecule has 0 aromatic heterocycles. The second kappa shape index (κ2) is 32.3. The Morgan fingerprint density at radius 2 is 0.789 bits per heavy atom. The first-order chi connectivity index (χ1) is 37.4. The third-order valence-corrected chi connectivity index (χ3v) is 15.7. The number of hydrogen-bond donors (Lipinski definition) is 0. The molecule has 76 heavy (non-hydrogen) atoms. The van der Waals surface area contributed by atoms with Gasteiger partial charge in [-0.05, 0) is 234 Å². The Kier molecular flexibility index (Phi) is 24.4. The molecule has 5 aromatic rings. The van der Waals surface area contributed by atoms with Crippen LogP contribution in [0.25, 0.3) is 22.3 Å². The number of rotatable bonds is 33. The van der Waals surface area contributed by atoms with Crippen LogP contribution in [0.1, 0.15) is 164 Å².